The summed E-state index contributed by atoms with van der Waals surface area (Å²) in [7, 11) is 0. The fourth-order valence-corrected chi connectivity index (χ4v) is 2.74. The maximum absolute atomic E-state index is 13.1. The van der Waals surface area contributed by atoms with Gasteiger partial charge in [-0.15, -0.1) is 0 Å². The predicted molar refractivity (Wildman–Crippen MR) is 78.4 cm³/mol. The number of benzene rings is 1. The molecule has 1 saturated heterocycles. The summed E-state index contributed by atoms with van der Waals surface area (Å²) < 4.78 is 13.1. The fourth-order valence-electron chi connectivity index (χ4n) is 2.74. The van der Waals surface area contributed by atoms with Crippen molar-refractivity contribution >= 4 is 11.9 Å². The van der Waals surface area contributed by atoms with Crippen molar-refractivity contribution in [3.05, 3.63) is 59.4 Å². The number of aromatic nitrogens is 2. The third-order valence-electron chi connectivity index (χ3n) is 3.86. The Hall–Kier alpha value is -2.83. The summed E-state index contributed by atoms with van der Waals surface area (Å²) in [6.07, 6.45) is 3.87. The topological polar surface area (TPSA) is 83.4 Å². The Morgan fingerprint density at radius 2 is 1.78 bits per heavy atom. The number of carboxylic acid groups (broad SMARTS) is 1. The van der Waals surface area contributed by atoms with Crippen molar-refractivity contribution in [2.45, 2.75) is 18.9 Å². The van der Waals surface area contributed by atoms with E-state index < -0.39 is 5.97 Å². The summed E-state index contributed by atoms with van der Waals surface area (Å²) in [5.74, 6) is -1.82. The Balaban J connectivity index is 1.82. The quantitative estimate of drug-likeness (QED) is 0.939. The standard InChI is InChI=1S/C16H14FN3O3/c17-11-5-3-10(4-6-11)14-2-1-7-20(14)15(21)12-8-19-13(9-18-12)16(22)23/h3-6,8-9,14H,1-2,7H2,(H,22,23). The molecule has 118 valence electrons. The average molecular weight is 315 g/mol. The third-order valence-corrected chi connectivity index (χ3v) is 3.86. The fraction of sp³-hybridized carbons (Fsp3) is 0.250. The zero-order valence-electron chi connectivity index (χ0n) is 12.1. The molecule has 1 fully saturated rings. The second kappa shape index (κ2) is 6.12. The molecule has 1 aromatic carbocycles. The van der Waals surface area contributed by atoms with E-state index in [1.54, 1.807) is 17.0 Å². The number of aromatic carboxylic acids is 1. The van der Waals surface area contributed by atoms with Gasteiger partial charge >= 0.3 is 5.97 Å². The molecule has 0 aliphatic carbocycles. The summed E-state index contributed by atoms with van der Waals surface area (Å²) in [4.78, 5) is 32.6. The molecule has 2 heterocycles. The van der Waals surface area contributed by atoms with Crippen LogP contribution in [0.4, 0.5) is 4.39 Å². The highest BCUT2D eigenvalue weighted by molar-refractivity contribution is 5.93. The number of carbonyl (C=O) groups is 2. The van der Waals surface area contributed by atoms with Crippen LogP contribution in [0.25, 0.3) is 0 Å². The van der Waals surface area contributed by atoms with Crippen molar-refractivity contribution in [2.24, 2.45) is 0 Å². The zero-order valence-corrected chi connectivity index (χ0v) is 12.1. The molecule has 6 nitrogen and oxygen atoms in total. The lowest BCUT2D eigenvalue weighted by Crippen LogP contribution is -2.31. The summed E-state index contributed by atoms with van der Waals surface area (Å²) in [5.41, 5.74) is 0.759. The van der Waals surface area contributed by atoms with Crippen LogP contribution in [-0.2, 0) is 0 Å². The van der Waals surface area contributed by atoms with Crippen LogP contribution in [-0.4, -0.2) is 38.4 Å². The van der Waals surface area contributed by atoms with Crippen molar-refractivity contribution in [2.75, 3.05) is 6.54 Å². The first-order valence-electron chi connectivity index (χ1n) is 7.18. The molecule has 2 aromatic rings. The van der Waals surface area contributed by atoms with Gasteiger partial charge in [-0.1, -0.05) is 12.1 Å². The molecule has 0 saturated carbocycles. The Bertz CT molecular complexity index is 731. The van der Waals surface area contributed by atoms with E-state index in [2.05, 4.69) is 9.97 Å². The first-order valence-corrected chi connectivity index (χ1v) is 7.18. The number of hydrogen-bond donors (Lipinski definition) is 1. The van der Waals surface area contributed by atoms with E-state index in [1.807, 2.05) is 0 Å². The van der Waals surface area contributed by atoms with Crippen LogP contribution in [0.3, 0.4) is 0 Å². The van der Waals surface area contributed by atoms with Gasteiger partial charge in [0.15, 0.2) is 5.69 Å². The van der Waals surface area contributed by atoms with E-state index in [-0.39, 0.29) is 29.2 Å². The average Bonchev–Trinajstić information content (AvgIpc) is 3.04. The van der Waals surface area contributed by atoms with E-state index in [0.717, 1.165) is 24.6 Å². The zero-order chi connectivity index (χ0) is 16.4. The molecule has 1 amide bonds. The smallest absolute Gasteiger partial charge is 0.356 e. The van der Waals surface area contributed by atoms with Gasteiger partial charge in [0.1, 0.15) is 11.5 Å². The van der Waals surface area contributed by atoms with Gasteiger partial charge in [0.05, 0.1) is 18.4 Å². The third kappa shape index (κ3) is 3.03. The molecule has 1 aliphatic heterocycles. The van der Waals surface area contributed by atoms with E-state index >= 15 is 0 Å². The Morgan fingerprint density at radius 3 is 2.39 bits per heavy atom. The molecule has 1 atom stereocenters. The molecule has 0 radical (unpaired) electrons. The number of likely N-dealkylation sites (tertiary alicyclic amines) is 1. The normalized spacial score (nSPS) is 17.3. The van der Waals surface area contributed by atoms with Gasteiger partial charge in [0, 0.05) is 6.54 Å². The lowest BCUT2D eigenvalue weighted by atomic mass is 10.0. The largest absolute Gasteiger partial charge is 0.476 e. The van der Waals surface area contributed by atoms with Crippen molar-refractivity contribution in [1.82, 2.24) is 14.9 Å². The number of carboxylic acids is 1. The number of carbonyl (C=O) groups excluding carboxylic acids is 1. The van der Waals surface area contributed by atoms with Crippen LogP contribution in [0.5, 0.6) is 0 Å². The summed E-state index contributed by atoms with van der Waals surface area (Å²) in [5, 5.41) is 8.81. The van der Waals surface area contributed by atoms with E-state index in [9.17, 15) is 14.0 Å². The highest BCUT2D eigenvalue weighted by atomic mass is 19.1. The van der Waals surface area contributed by atoms with Crippen LogP contribution >= 0.6 is 0 Å². The van der Waals surface area contributed by atoms with Gasteiger partial charge < -0.3 is 10.0 Å². The minimum absolute atomic E-state index is 0.101. The monoisotopic (exact) mass is 315 g/mol. The predicted octanol–water partition coefficient (Wildman–Crippen LogP) is 2.29. The van der Waals surface area contributed by atoms with E-state index in [4.69, 9.17) is 5.11 Å². The van der Waals surface area contributed by atoms with Crippen LogP contribution in [0.15, 0.2) is 36.7 Å². The van der Waals surface area contributed by atoms with Gasteiger partial charge in [0.2, 0.25) is 0 Å². The molecule has 3 rings (SSSR count). The molecule has 1 aliphatic rings. The Labute approximate surface area is 131 Å². The number of hydrogen-bond acceptors (Lipinski definition) is 4. The minimum Gasteiger partial charge on any atom is -0.476 e. The van der Waals surface area contributed by atoms with E-state index in [0.29, 0.717) is 6.54 Å². The molecule has 0 bridgehead atoms. The van der Waals surface area contributed by atoms with Crippen molar-refractivity contribution in [1.29, 1.82) is 0 Å². The molecule has 1 N–H and O–H groups in total. The summed E-state index contributed by atoms with van der Waals surface area (Å²) in [6.45, 7) is 0.573. The van der Waals surface area contributed by atoms with Gasteiger partial charge in [-0.25, -0.2) is 19.2 Å². The second-order valence-electron chi connectivity index (χ2n) is 5.30. The van der Waals surface area contributed by atoms with Crippen LogP contribution < -0.4 is 0 Å². The van der Waals surface area contributed by atoms with Crippen LogP contribution in [0.1, 0.15) is 45.4 Å². The number of halogens is 1. The maximum Gasteiger partial charge on any atom is 0.356 e. The molecular formula is C16H14FN3O3. The SMILES string of the molecule is O=C(O)c1cnc(C(=O)N2CCCC2c2ccc(F)cc2)cn1. The van der Waals surface area contributed by atoms with Gasteiger partial charge in [-0.2, -0.15) is 0 Å². The highest BCUT2D eigenvalue weighted by Gasteiger charge is 2.31. The van der Waals surface area contributed by atoms with Gasteiger partial charge in [0.25, 0.3) is 5.91 Å². The Kier molecular flexibility index (Phi) is 4.01. The molecule has 1 aromatic heterocycles. The first kappa shape index (κ1) is 15.1. The minimum atomic E-state index is -1.19. The molecule has 0 spiro atoms. The van der Waals surface area contributed by atoms with Crippen molar-refractivity contribution in [3.8, 4) is 0 Å². The number of nitrogens with zero attached hydrogens (tertiary/aromatic N) is 3. The van der Waals surface area contributed by atoms with E-state index in [1.165, 1.54) is 18.3 Å². The lowest BCUT2D eigenvalue weighted by Gasteiger charge is -2.24. The highest BCUT2D eigenvalue weighted by Crippen LogP contribution is 2.32. The summed E-state index contributed by atoms with van der Waals surface area (Å²) >= 11 is 0. The van der Waals surface area contributed by atoms with Crippen LogP contribution in [0, 0.1) is 5.82 Å². The molecule has 1 unspecified atom stereocenters. The molecular weight excluding hydrogens is 301 g/mol. The van der Waals surface area contributed by atoms with Crippen molar-refractivity contribution < 1.29 is 19.1 Å². The Morgan fingerprint density at radius 1 is 1.13 bits per heavy atom. The maximum atomic E-state index is 13.1. The molecule has 23 heavy (non-hydrogen) atoms. The van der Waals surface area contributed by atoms with Crippen LogP contribution in [0.2, 0.25) is 0 Å². The van der Waals surface area contributed by atoms with Crippen molar-refractivity contribution in [3.63, 3.8) is 0 Å². The molecule has 7 heteroatoms. The van der Waals surface area contributed by atoms with Gasteiger partial charge in [-0.3, -0.25) is 4.79 Å². The number of amides is 1. The lowest BCUT2D eigenvalue weighted by molar-refractivity contribution is 0.0683. The number of rotatable bonds is 3. The van der Waals surface area contributed by atoms with Gasteiger partial charge in [-0.05, 0) is 30.5 Å². The summed E-state index contributed by atoms with van der Waals surface area (Å²) in [6, 6.07) is 5.95. The second-order valence-corrected chi connectivity index (χ2v) is 5.30. The first-order chi connectivity index (χ1) is 11.1.